The van der Waals surface area contributed by atoms with Crippen LogP contribution in [0.2, 0.25) is 0 Å². The van der Waals surface area contributed by atoms with Gasteiger partial charge in [0.2, 0.25) is 5.91 Å². The number of esters is 1. The van der Waals surface area contributed by atoms with Crippen LogP contribution in [0.25, 0.3) is 16.5 Å². The Balaban J connectivity index is 1.24. The van der Waals surface area contributed by atoms with E-state index in [1.807, 2.05) is 26.8 Å². The molecule has 1 aromatic heterocycles. The van der Waals surface area contributed by atoms with Crippen LogP contribution in [-0.4, -0.2) is 63.4 Å². The van der Waals surface area contributed by atoms with Crippen LogP contribution in [0.4, 0.5) is 0 Å². The van der Waals surface area contributed by atoms with E-state index in [0.717, 1.165) is 58.9 Å². The lowest BCUT2D eigenvalue weighted by atomic mass is 9.40. The smallest absolute Gasteiger partial charge is 0.306 e. The number of aromatic nitrogens is 1. The van der Waals surface area contributed by atoms with E-state index in [0.29, 0.717) is 24.4 Å². The number of ether oxygens (including phenoxy) is 2. The van der Waals surface area contributed by atoms with Crippen molar-refractivity contribution in [3.8, 4) is 0 Å². The van der Waals surface area contributed by atoms with Gasteiger partial charge in [0.1, 0.15) is 6.04 Å². The molecule has 2 saturated carbocycles. The Kier molecular flexibility index (Phi) is 8.30. The molecule has 4 aliphatic carbocycles. The third kappa shape index (κ3) is 4.82. The van der Waals surface area contributed by atoms with Gasteiger partial charge in [-0.3, -0.25) is 14.4 Å². The summed E-state index contributed by atoms with van der Waals surface area (Å²) >= 11 is 0. The number of hydrogen-bond acceptors (Lipinski definition) is 7. The molecular weight excluding hydrogens is 681 g/mol. The maximum absolute atomic E-state index is 14.9. The fourth-order valence-corrected chi connectivity index (χ4v) is 13.0. The Morgan fingerprint density at radius 2 is 1.81 bits per heavy atom. The molecule has 8 rings (SSSR count). The monoisotopic (exact) mass is 738 g/mol. The summed E-state index contributed by atoms with van der Waals surface area (Å²) in [5.41, 5.74) is 5.53. The molecule has 0 bridgehead atoms. The van der Waals surface area contributed by atoms with E-state index in [-0.39, 0.29) is 47.2 Å². The second-order valence-electron chi connectivity index (χ2n) is 19.1. The predicted octanol–water partition coefficient (Wildman–Crippen LogP) is 7.22. The average Bonchev–Trinajstić information content (AvgIpc) is 3.76. The van der Waals surface area contributed by atoms with Gasteiger partial charge in [0.15, 0.2) is 5.78 Å². The van der Waals surface area contributed by atoms with Crippen molar-refractivity contribution < 1.29 is 34.1 Å². The van der Waals surface area contributed by atoms with Crippen LogP contribution in [-0.2, 0) is 30.9 Å². The highest BCUT2D eigenvalue weighted by atomic mass is 16.5. The van der Waals surface area contributed by atoms with E-state index in [1.54, 1.807) is 0 Å². The van der Waals surface area contributed by atoms with Crippen LogP contribution < -0.4 is 5.32 Å². The number of nitrogens with zero attached hydrogens (tertiary/aromatic N) is 1. The summed E-state index contributed by atoms with van der Waals surface area (Å²) in [6.07, 6.45) is 9.33. The van der Waals surface area contributed by atoms with Crippen molar-refractivity contribution in [1.29, 1.82) is 0 Å². The molecule has 2 unspecified atom stereocenters. The molecule has 0 radical (unpaired) electrons. The highest BCUT2D eigenvalue weighted by Crippen LogP contribution is 2.71. The first-order valence-corrected chi connectivity index (χ1v) is 20.0. The first-order valence-electron chi connectivity index (χ1n) is 20.0. The Morgan fingerprint density at radius 1 is 1.09 bits per heavy atom. The third-order valence-corrected chi connectivity index (χ3v) is 15.3. The maximum atomic E-state index is 14.9. The number of carbonyl (C=O) groups excluding carboxylic acids is 3. The molecule has 54 heavy (non-hydrogen) atoms. The molecule has 1 aromatic carbocycles. The zero-order chi connectivity index (χ0) is 39.1. The molecule has 9 atom stereocenters. The highest BCUT2D eigenvalue weighted by molar-refractivity contribution is 6.18. The normalized spacial score (nSPS) is 36.6. The van der Waals surface area contributed by atoms with E-state index < -0.39 is 40.8 Å². The lowest BCUT2D eigenvalue weighted by Gasteiger charge is -2.64. The zero-order valence-electron chi connectivity index (χ0n) is 33.5. The number of nitrogens with one attached hydrogen (secondary N) is 1. The number of aliphatic hydroxyl groups is 2. The van der Waals surface area contributed by atoms with Crippen molar-refractivity contribution in [3.05, 3.63) is 64.4 Å². The molecule has 1 amide bonds. The Bertz CT molecular complexity index is 2090. The summed E-state index contributed by atoms with van der Waals surface area (Å²) in [6.45, 7) is 21.9. The molecular formula is C45H58N2O7. The van der Waals surface area contributed by atoms with Crippen LogP contribution >= 0.6 is 0 Å². The Hall–Kier alpha value is -3.53. The summed E-state index contributed by atoms with van der Waals surface area (Å²) in [5.74, 6) is -0.392. The van der Waals surface area contributed by atoms with Gasteiger partial charge in [0, 0.05) is 46.4 Å². The number of carbonyl (C=O) groups is 3. The average molecular weight is 739 g/mol. The van der Waals surface area contributed by atoms with Gasteiger partial charge in [0.05, 0.1) is 48.0 Å². The number of methoxy groups -OCH3 is 1. The maximum Gasteiger partial charge on any atom is 0.306 e. The van der Waals surface area contributed by atoms with E-state index in [2.05, 4.69) is 74.0 Å². The number of ketones is 1. The molecule has 3 heterocycles. The topological polar surface area (TPSA) is 127 Å². The number of allylic oxidation sites excluding steroid dienone is 1. The molecule has 9 nitrogen and oxygen atoms in total. The molecule has 6 aliphatic rings. The van der Waals surface area contributed by atoms with Crippen molar-refractivity contribution in [2.45, 2.75) is 135 Å². The SMILES string of the molecule is C=C(C)[C@H]1C(=O)c2c3c(cc4c5c(n1c24)[C@@]1(C)C(CC[C@H]2[C@](C)(/C=C/CNC(=O)CCC(=O)OC)[C@@H](O)CC[C@@]21C)C5)C1=CC(C)(C)OC(C)(C)C1[C@@H]3O. The van der Waals surface area contributed by atoms with Crippen molar-refractivity contribution >= 4 is 34.1 Å². The van der Waals surface area contributed by atoms with Crippen molar-refractivity contribution in [3.63, 3.8) is 0 Å². The molecule has 2 aliphatic heterocycles. The van der Waals surface area contributed by atoms with Crippen molar-refractivity contribution in [1.82, 2.24) is 9.88 Å². The van der Waals surface area contributed by atoms with E-state index in [4.69, 9.17) is 4.74 Å². The van der Waals surface area contributed by atoms with E-state index >= 15 is 0 Å². The largest absolute Gasteiger partial charge is 0.469 e. The lowest BCUT2D eigenvalue weighted by molar-refractivity contribution is -0.145. The highest BCUT2D eigenvalue weighted by Gasteiger charge is 2.67. The quantitative estimate of drug-likeness (QED) is 0.202. The summed E-state index contributed by atoms with van der Waals surface area (Å²) < 4.78 is 13.5. The molecule has 3 N–H and O–H groups in total. The van der Waals surface area contributed by atoms with Crippen LogP contribution in [0.3, 0.4) is 0 Å². The van der Waals surface area contributed by atoms with Crippen LogP contribution in [0, 0.1) is 28.6 Å². The van der Waals surface area contributed by atoms with E-state index in [9.17, 15) is 24.6 Å². The van der Waals surface area contributed by atoms with Crippen LogP contribution in [0.15, 0.2) is 36.4 Å². The number of fused-ring (bicyclic) bond motifs is 11. The fraction of sp³-hybridized carbons (Fsp3) is 0.622. The molecule has 2 fully saturated rings. The van der Waals surface area contributed by atoms with Gasteiger partial charge in [-0.05, 0) is 113 Å². The third-order valence-electron chi connectivity index (χ3n) is 15.3. The second kappa shape index (κ2) is 12.0. The van der Waals surface area contributed by atoms with Gasteiger partial charge < -0.3 is 29.6 Å². The standard InChI is InChI=1S/C45H58N2O7/c1-23(2)36-39(52)34-33-25(28-22-41(3,4)54-42(5,6)35(28)38(33)51)21-26-27-20-24-12-13-29-43(7,17-11-19-46-31(49)14-15-32(50)53-10)30(48)16-18-44(29,8)45(24,9)40(27)47(36)37(26)34/h11,17,21-22,24,29-30,35-36,38,48,51H,1,12-16,18-20H2,2-10H3,(H,46,49)/b17-11+/t24?,29-,30-,35?,36-,38+,43-,44-,45+/m0/s1. The van der Waals surface area contributed by atoms with Crippen LogP contribution in [0.1, 0.15) is 139 Å². The minimum absolute atomic E-state index is 0.0171. The summed E-state index contributed by atoms with van der Waals surface area (Å²) in [6, 6.07) is 1.74. The number of hydrogen-bond donors (Lipinski definition) is 3. The second-order valence-corrected chi connectivity index (χ2v) is 19.1. The number of Topliss-reactive ketones (excluding diaryl/α,β-unsaturated/α-hetero) is 1. The first kappa shape index (κ1) is 37.4. The molecule has 290 valence electrons. The number of benzene rings is 1. The lowest BCUT2D eigenvalue weighted by Crippen LogP contribution is -2.62. The minimum atomic E-state index is -0.868. The number of amides is 1. The summed E-state index contributed by atoms with van der Waals surface area (Å²) in [4.78, 5) is 38.8. The fourth-order valence-electron chi connectivity index (χ4n) is 13.0. The molecule has 9 heteroatoms. The summed E-state index contributed by atoms with van der Waals surface area (Å²) in [7, 11) is 1.31. The van der Waals surface area contributed by atoms with Gasteiger partial charge >= 0.3 is 5.97 Å². The van der Waals surface area contributed by atoms with Gasteiger partial charge in [-0.1, -0.05) is 45.1 Å². The Labute approximate surface area is 319 Å². The summed E-state index contributed by atoms with van der Waals surface area (Å²) in [5, 5.41) is 28.0. The van der Waals surface area contributed by atoms with Crippen molar-refractivity contribution in [2.24, 2.45) is 28.6 Å². The predicted molar refractivity (Wildman–Crippen MR) is 208 cm³/mol. The zero-order valence-corrected chi connectivity index (χ0v) is 33.5. The van der Waals surface area contributed by atoms with E-state index in [1.165, 1.54) is 18.4 Å². The van der Waals surface area contributed by atoms with Crippen LogP contribution in [0.5, 0.6) is 0 Å². The molecule has 2 aromatic rings. The minimum Gasteiger partial charge on any atom is -0.469 e. The van der Waals surface area contributed by atoms with Gasteiger partial charge in [-0.25, -0.2) is 0 Å². The van der Waals surface area contributed by atoms with Crippen molar-refractivity contribution in [2.75, 3.05) is 13.7 Å². The van der Waals surface area contributed by atoms with Gasteiger partial charge in [0.25, 0.3) is 0 Å². The number of rotatable bonds is 7. The van der Waals surface area contributed by atoms with Gasteiger partial charge in [-0.15, -0.1) is 0 Å². The van der Waals surface area contributed by atoms with Gasteiger partial charge in [-0.2, -0.15) is 0 Å². The molecule has 0 saturated heterocycles. The Morgan fingerprint density at radius 3 is 2.50 bits per heavy atom. The molecule has 0 spiro atoms. The first-order chi connectivity index (χ1) is 25.2. The number of aliphatic hydroxyl groups excluding tert-OH is 2.